The molecule has 2 nitrogen and oxygen atoms in total. The van der Waals surface area contributed by atoms with Crippen LogP contribution in [0.15, 0.2) is 0 Å². The van der Waals surface area contributed by atoms with E-state index in [1.807, 2.05) is 0 Å². The molecular weight excluding hydrogens is 470 g/mol. The highest BCUT2D eigenvalue weighted by molar-refractivity contribution is 4.91. The normalized spacial score (nSPS) is 23.6. The van der Waals surface area contributed by atoms with Gasteiger partial charge in [0, 0.05) is 6.42 Å². The largest absolute Gasteiger partial charge is 1.00 e. The first-order valence-corrected chi connectivity index (χ1v) is 14.8. The molecule has 0 amide bonds. The Balaban J connectivity index is 0.0000102. The minimum absolute atomic E-state index is 0. The van der Waals surface area contributed by atoms with E-state index in [0.29, 0.717) is 6.04 Å². The van der Waals surface area contributed by atoms with E-state index in [1.54, 1.807) is 0 Å². The Kier molecular flexibility index (Phi) is 18.9. The number of rotatable bonds is 19. The minimum Gasteiger partial charge on any atom is -1.00 e. The molecule has 1 rings (SSSR count). The van der Waals surface area contributed by atoms with Gasteiger partial charge in [0.15, 0.2) is 0 Å². The lowest BCUT2D eigenvalue weighted by Gasteiger charge is -2.50. The van der Waals surface area contributed by atoms with Crippen molar-refractivity contribution in [3.63, 3.8) is 0 Å². The Hall–Kier alpha value is 0.400. The van der Waals surface area contributed by atoms with Crippen LogP contribution in [0.3, 0.4) is 0 Å². The highest BCUT2D eigenvalue weighted by atomic mass is 79.9. The first-order chi connectivity index (χ1) is 15.2. The monoisotopic (exact) mass is 531 g/mol. The van der Waals surface area contributed by atoms with E-state index in [1.165, 1.54) is 122 Å². The van der Waals surface area contributed by atoms with Gasteiger partial charge in [-0.1, -0.05) is 111 Å². The summed E-state index contributed by atoms with van der Waals surface area (Å²) in [5.41, 5.74) is -0.496. The minimum atomic E-state index is -0.496. The van der Waals surface area contributed by atoms with Crippen molar-refractivity contribution in [3.05, 3.63) is 0 Å². The Morgan fingerprint density at radius 2 is 1.15 bits per heavy atom. The molecule has 1 aliphatic carbocycles. The van der Waals surface area contributed by atoms with Gasteiger partial charge in [0.25, 0.3) is 0 Å². The average Bonchev–Trinajstić information content (AvgIpc) is 2.72. The summed E-state index contributed by atoms with van der Waals surface area (Å²) in [5.74, 6) is 1.52. The van der Waals surface area contributed by atoms with E-state index in [-0.39, 0.29) is 17.0 Å². The average molecular weight is 533 g/mol. The summed E-state index contributed by atoms with van der Waals surface area (Å²) in [6, 6.07) is 0.389. The number of unbranched alkanes of at least 4 members (excludes halogenated alkanes) is 15. The van der Waals surface area contributed by atoms with Gasteiger partial charge in [-0.05, 0) is 44.4 Å². The molecule has 200 valence electrons. The van der Waals surface area contributed by atoms with Crippen LogP contribution < -0.4 is 17.0 Å². The first-order valence-electron chi connectivity index (χ1n) is 14.8. The van der Waals surface area contributed by atoms with E-state index in [2.05, 4.69) is 41.8 Å². The van der Waals surface area contributed by atoms with E-state index in [4.69, 9.17) is 0 Å². The number of quaternary nitrogens is 1. The Morgan fingerprint density at radius 1 is 0.758 bits per heavy atom. The van der Waals surface area contributed by atoms with Crippen LogP contribution in [0.5, 0.6) is 0 Å². The molecule has 0 saturated heterocycles. The molecule has 0 aliphatic heterocycles. The van der Waals surface area contributed by atoms with Crippen molar-refractivity contribution >= 4 is 0 Å². The van der Waals surface area contributed by atoms with Crippen molar-refractivity contribution in [2.45, 2.75) is 161 Å². The lowest BCUT2D eigenvalue weighted by molar-refractivity contribution is -0.924. The van der Waals surface area contributed by atoms with Crippen LogP contribution >= 0.6 is 0 Å². The molecule has 1 saturated carbocycles. The molecule has 33 heavy (non-hydrogen) atoms. The molecular formula is C30H62BrNO. The lowest BCUT2D eigenvalue weighted by atomic mass is 9.71. The number of nitrogens with zero attached hydrogens (tertiary/aromatic N) is 1. The zero-order chi connectivity index (χ0) is 23.9. The quantitative estimate of drug-likeness (QED) is 0.162. The number of aliphatic hydroxyl groups is 1. The first kappa shape index (κ1) is 33.4. The molecule has 1 aliphatic rings. The third kappa shape index (κ3) is 14.5. The Bertz CT molecular complexity index is 449. The molecule has 0 bridgehead atoms. The van der Waals surface area contributed by atoms with Crippen LogP contribution in [-0.4, -0.2) is 41.9 Å². The second kappa shape index (κ2) is 18.6. The van der Waals surface area contributed by atoms with Crippen LogP contribution in [0.4, 0.5) is 0 Å². The maximum atomic E-state index is 11.1. The second-order valence-electron chi connectivity index (χ2n) is 12.5. The maximum absolute atomic E-state index is 11.1. The topological polar surface area (TPSA) is 20.2 Å². The summed E-state index contributed by atoms with van der Waals surface area (Å²) in [7, 11) is 4.74. The van der Waals surface area contributed by atoms with Crippen LogP contribution in [-0.2, 0) is 0 Å². The molecule has 1 N–H and O–H groups in total. The molecule has 0 spiro atoms. The van der Waals surface area contributed by atoms with Crippen molar-refractivity contribution < 1.29 is 26.6 Å². The zero-order valence-corrected chi connectivity index (χ0v) is 25.2. The molecule has 0 aromatic rings. The molecule has 3 atom stereocenters. The fourth-order valence-electron chi connectivity index (χ4n) is 6.17. The molecule has 0 heterocycles. The fraction of sp³-hybridized carbons (Fsp3) is 1.00. The standard InChI is InChI=1S/C30H62NO.BrH/c1-7-8-9-10-11-12-13-14-15-16-17-18-19-20-21-22-25-31(5,6)29-26-28(27(2)3)23-24-30(29,4)32;/h27-29,32H,7-26H2,1-6H3;1H/q+1;/p-1. The summed E-state index contributed by atoms with van der Waals surface area (Å²) in [4.78, 5) is 0. The van der Waals surface area contributed by atoms with Crippen molar-refractivity contribution in [1.29, 1.82) is 0 Å². The van der Waals surface area contributed by atoms with Gasteiger partial charge in [0.2, 0.25) is 0 Å². The third-order valence-electron chi connectivity index (χ3n) is 8.64. The Labute approximate surface area is 220 Å². The van der Waals surface area contributed by atoms with Gasteiger partial charge in [0.05, 0.1) is 20.6 Å². The predicted octanol–water partition coefficient (Wildman–Crippen LogP) is 5.90. The summed E-state index contributed by atoms with van der Waals surface area (Å²) >= 11 is 0. The van der Waals surface area contributed by atoms with Gasteiger partial charge in [-0.15, -0.1) is 0 Å². The molecule has 0 aromatic heterocycles. The van der Waals surface area contributed by atoms with Crippen LogP contribution in [0.25, 0.3) is 0 Å². The number of hydrogen-bond donors (Lipinski definition) is 1. The van der Waals surface area contributed by atoms with Crippen LogP contribution in [0.1, 0.15) is 150 Å². The van der Waals surface area contributed by atoms with Crippen LogP contribution in [0.2, 0.25) is 0 Å². The van der Waals surface area contributed by atoms with E-state index in [9.17, 15) is 5.11 Å². The van der Waals surface area contributed by atoms with Crippen molar-refractivity contribution in [3.8, 4) is 0 Å². The van der Waals surface area contributed by atoms with Crippen molar-refractivity contribution in [2.24, 2.45) is 11.8 Å². The lowest BCUT2D eigenvalue weighted by Crippen LogP contribution is -3.00. The van der Waals surface area contributed by atoms with Gasteiger partial charge < -0.3 is 26.6 Å². The smallest absolute Gasteiger partial charge is 0.118 e. The third-order valence-corrected chi connectivity index (χ3v) is 8.64. The van der Waals surface area contributed by atoms with E-state index < -0.39 is 5.60 Å². The molecule has 0 aromatic carbocycles. The fourth-order valence-corrected chi connectivity index (χ4v) is 6.17. The SMILES string of the molecule is CCCCCCCCCCCCCCCCCC[N+](C)(C)C1CC(C(C)C)CCC1(C)O.[Br-]. The Morgan fingerprint density at radius 3 is 1.55 bits per heavy atom. The summed E-state index contributed by atoms with van der Waals surface area (Å²) in [6.07, 6.45) is 26.2. The summed E-state index contributed by atoms with van der Waals surface area (Å²) in [6.45, 7) is 10.3. The highest BCUT2D eigenvalue weighted by Crippen LogP contribution is 2.40. The number of halogens is 1. The molecule has 1 fully saturated rings. The number of hydrogen-bond acceptors (Lipinski definition) is 1. The van der Waals surface area contributed by atoms with Gasteiger partial charge in [-0.3, -0.25) is 0 Å². The summed E-state index contributed by atoms with van der Waals surface area (Å²) in [5, 5.41) is 11.1. The van der Waals surface area contributed by atoms with Gasteiger partial charge in [0.1, 0.15) is 11.6 Å². The van der Waals surface area contributed by atoms with Crippen molar-refractivity contribution in [2.75, 3.05) is 20.6 Å². The van der Waals surface area contributed by atoms with Gasteiger partial charge in [-0.2, -0.15) is 0 Å². The predicted molar refractivity (Wildman–Crippen MR) is 143 cm³/mol. The van der Waals surface area contributed by atoms with Gasteiger partial charge >= 0.3 is 0 Å². The van der Waals surface area contributed by atoms with Crippen LogP contribution in [0, 0.1) is 11.8 Å². The van der Waals surface area contributed by atoms with E-state index >= 15 is 0 Å². The highest BCUT2D eigenvalue weighted by Gasteiger charge is 2.47. The van der Waals surface area contributed by atoms with Gasteiger partial charge in [-0.25, -0.2) is 0 Å². The second-order valence-corrected chi connectivity index (χ2v) is 12.5. The molecule has 0 radical (unpaired) electrons. The summed E-state index contributed by atoms with van der Waals surface area (Å²) < 4.78 is 0.995. The number of likely N-dealkylation sites (N-methyl/N-ethyl adjacent to an activating group) is 1. The zero-order valence-electron chi connectivity index (χ0n) is 23.6. The van der Waals surface area contributed by atoms with E-state index in [0.717, 1.165) is 22.7 Å². The molecule has 3 heteroatoms. The van der Waals surface area contributed by atoms with Crippen molar-refractivity contribution in [1.82, 2.24) is 0 Å². The maximum Gasteiger partial charge on any atom is 0.118 e. The molecule has 3 unspecified atom stereocenters.